The second-order valence-electron chi connectivity index (χ2n) is 4.17. The van der Waals surface area contributed by atoms with Crippen molar-refractivity contribution < 1.29 is 28.0 Å². The molecule has 0 bridgehead atoms. The molecule has 1 aromatic carbocycles. The van der Waals surface area contributed by atoms with Gasteiger partial charge in [0.2, 0.25) is 5.69 Å². The first kappa shape index (κ1) is 15.4. The molecule has 0 atom stereocenters. The van der Waals surface area contributed by atoms with Gasteiger partial charge in [0.15, 0.2) is 5.69 Å². The third-order valence-corrected chi connectivity index (χ3v) is 2.69. The van der Waals surface area contributed by atoms with E-state index in [1.807, 2.05) is 0 Å². The number of nitrogens with zero attached hydrogens (tertiary/aromatic N) is 4. The van der Waals surface area contributed by atoms with Gasteiger partial charge in [0.1, 0.15) is 0 Å². The lowest BCUT2D eigenvalue weighted by Crippen LogP contribution is -2.18. The normalized spacial score (nSPS) is 11.4. The first-order chi connectivity index (χ1) is 10.2. The number of carbonyl (C=O) groups is 1. The number of aromatic carboxylic acids is 1. The Morgan fingerprint density at radius 2 is 1.91 bits per heavy atom. The molecule has 2 rings (SSSR count). The predicted molar refractivity (Wildman–Crippen MR) is 64.2 cm³/mol. The smallest absolute Gasteiger partial charge is 0.435 e. The van der Waals surface area contributed by atoms with Gasteiger partial charge in [0, 0.05) is 12.1 Å². The molecule has 22 heavy (non-hydrogen) atoms. The van der Waals surface area contributed by atoms with Crippen LogP contribution in [0.2, 0.25) is 0 Å². The number of benzene rings is 1. The molecule has 116 valence electrons. The summed E-state index contributed by atoms with van der Waals surface area (Å²) >= 11 is 0. The lowest BCUT2D eigenvalue weighted by atomic mass is 10.2. The van der Waals surface area contributed by atoms with Crippen molar-refractivity contribution >= 4 is 11.7 Å². The minimum atomic E-state index is -4.95. The van der Waals surface area contributed by atoms with E-state index in [2.05, 4.69) is 10.3 Å². The van der Waals surface area contributed by atoms with Crippen molar-refractivity contribution in [2.75, 3.05) is 0 Å². The van der Waals surface area contributed by atoms with Crippen LogP contribution in [0.4, 0.5) is 18.9 Å². The topological polar surface area (TPSA) is 111 Å². The number of rotatable bonds is 4. The van der Waals surface area contributed by atoms with Gasteiger partial charge in [-0.3, -0.25) is 10.1 Å². The molecule has 8 nitrogen and oxygen atoms in total. The highest BCUT2D eigenvalue weighted by Crippen LogP contribution is 2.31. The quantitative estimate of drug-likeness (QED) is 0.681. The number of alkyl halides is 3. The van der Waals surface area contributed by atoms with Gasteiger partial charge in [0.05, 0.1) is 11.5 Å². The van der Waals surface area contributed by atoms with Crippen LogP contribution in [0.25, 0.3) is 0 Å². The van der Waals surface area contributed by atoms with E-state index in [0.717, 1.165) is 12.1 Å². The van der Waals surface area contributed by atoms with Crippen LogP contribution in [0, 0.1) is 10.1 Å². The van der Waals surface area contributed by atoms with Gasteiger partial charge in [-0.1, -0.05) is 17.3 Å². The number of carboxylic acids is 1. The van der Waals surface area contributed by atoms with E-state index in [4.69, 9.17) is 5.11 Å². The van der Waals surface area contributed by atoms with E-state index < -0.39 is 35.0 Å². The molecular formula is C11H7F3N4O4. The summed E-state index contributed by atoms with van der Waals surface area (Å²) in [7, 11) is 0. The summed E-state index contributed by atoms with van der Waals surface area (Å²) in [5.41, 5.74) is -2.63. The van der Waals surface area contributed by atoms with Gasteiger partial charge >= 0.3 is 12.1 Å². The highest BCUT2D eigenvalue weighted by Gasteiger charge is 2.41. The fourth-order valence-electron chi connectivity index (χ4n) is 1.74. The number of non-ortho nitro benzene ring substituents is 1. The summed E-state index contributed by atoms with van der Waals surface area (Å²) in [6.45, 7) is -0.423. The predicted octanol–water partition coefficient (Wildman–Crippen LogP) is 1.95. The van der Waals surface area contributed by atoms with Crippen molar-refractivity contribution in [1.29, 1.82) is 0 Å². The Kier molecular flexibility index (Phi) is 3.80. The lowest BCUT2D eigenvalue weighted by Gasteiger charge is -2.10. The SMILES string of the molecule is O=C(O)c1nnn(Cc2ccc([N+](=O)[O-])cc2)c1C(F)(F)F. The molecule has 0 aliphatic rings. The van der Waals surface area contributed by atoms with E-state index in [9.17, 15) is 28.1 Å². The zero-order valence-electron chi connectivity index (χ0n) is 10.6. The summed E-state index contributed by atoms with van der Waals surface area (Å²) in [6, 6.07) is 4.75. The number of hydrogen-bond acceptors (Lipinski definition) is 5. The molecule has 11 heteroatoms. The van der Waals surface area contributed by atoms with Crippen LogP contribution in [0.3, 0.4) is 0 Å². The van der Waals surface area contributed by atoms with Crippen LogP contribution >= 0.6 is 0 Å². The maximum Gasteiger partial charge on any atom is 0.435 e. The average molecular weight is 316 g/mol. The van der Waals surface area contributed by atoms with Crippen LogP contribution in [-0.4, -0.2) is 31.0 Å². The van der Waals surface area contributed by atoms with E-state index in [-0.39, 0.29) is 11.3 Å². The monoisotopic (exact) mass is 316 g/mol. The lowest BCUT2D eigenvalue weighted by molar-refractivity contribution is -0.384. The Balaban J connectivity index is 2.37. The summed E-state index contributed by atoms with van der Waals surface area (Å²) in [4.78, 5) is 20.6. The van der Waals surface area contributed by atoms with Crippen molar-refractivity contribution in [2.24, 2.45) is 0 Å². The number of aromatic nitrogens is 3. The van der Waals surface area contributed by atoms with Crippen LogP contribution in [-0.2, 0) is 12.7 Å². The summed E-state index contributed by atoms with van der Waals surface area (Å²) in [5.74, 6) is -1.85. The zero-order valence-corrected chi connectivity index (χ0v) is 10.6. The van der Waals surface area contributed by atoms with Gasteiger partial charge < -0.3 is 5.11 Å². The molecule has 0 radical (unpaired) electrons. The molecule has 0 fully saturated rings. The van der Waals surface area contributed by atoms with Gasteiger partial charge in [-0.15, -0.1) is 5.10 Å². The summed E-state index contributed by atoms with van der Waals surface area (Å²) in [5, 5.41) is 25.4. The highest BCUT2D eigenvalue weighted by molar-refractivity contribution is 5.86. The molecule has 0 unspecified atom stereocenters. The van der Waals surface area contributed by atoms with Crippen molar-refractivity contribution in [3.8, 4) is 0 Å². The molecule has 2 aromatic rings. The molecule has 1 heterocycles. The van der Waals surface area contributed by atoms with Crippen molar-refractivity contribution in [3.05, 3.63) is 51.3 Å². The highest BCUT2D eigenvalue weighted by atomic mass is 19.4. The van der Waals surface area contributed by atoms with Crippen LogP contribution in [0.15, 0.2) is 24.3 Å². The minimum Gasteiger partial charge on any atom is -0.476 e. The van der Waals surface area contributed by atoms with Crippen molar-refractivity contribution in [2.45, 2.75) is 12.7 Å². The molecule has 0 amide bonds. The maximum atomic E-state index is 12.9. The van der Waals surface area contributed by atoms with E-state index in [1.165, 1.54) is 12.1 Å². The largest absolute Gasteiger partial charge is 0.476 e. The zero-order chi connectivity index (χ0) is 16.5. The Hall–Kier alpha value is -2.98. The molecule has 1 aromatic heterocycles. The number of hydrogen-bond donors (Lipinski definition) is 1. The second-order valence-corrected chi connectivity index (χ2v) is 4.17. The first-order valence-corrected chi connectivity index (χ1v) is 5.67. The number of halogens is 3. The molecular weight excluding hydrogens is 309 g/mol. The van der Waals surface area contributed by atoms with E-state index in [1.54, 1.807) is 0 Å². The molecule has 0 aliphatic heterocycles. The standard InChI is InChI=1S/C11H7F3N4O4/c12-11(13,14)9-8(10(19)20)15-16-17(9)5-6-1-3-7(4-2-6)18(21)22/h1-4H,5H2,(H,19,20). The third-order valence-electron chi connectivity index (χ3n) is 2.69. The van der Waals surface area contributed by atoms with Crippen LogP contribution in [0.5, 0.6) is 0 Å². The van der Waals surface area contributed by atoms with Crippen LogP contribution < -0.4 is 0 Å². The maximum absolute atomic E-state index is 12.9. The molecule has 0 saturated heterocycles. The van der Waals surface area contributed by atoms with Gasteiger partial charge in [-0.05, 0) is 5.56 Å². The number of nitro benzene ring substituents is 1. The third kappa shape index (κ3) is 3.02. The first-order valence-electron chi connectivity index (χ1n) is 5.67. The van der Waals surface area contributed by atoms with Crippen LogP contribution in [0.1, 0.15) is 21.7 Å². The fraction of sp³-hybridized carbons (Fsp3) is 0.182. The van der Waals surface area contributed by atoms with Gasteiger partial charge in [-0.2, -0.15) is 13.2 Å². The summed E-state index contributed by atoms with van der Waals surface area (Å²) < 4.78 is 39.2. The van der Waals surface area contributed by atoms with Gasteiger partial charge in [0.25, 0.3) is 5.69 Å². The Bertz CT molecular complexity index is 724. The molecule has 0 saturated carbocycles. The van der Waals surface area contributed by atoms with Gasteiger partial charge in [-0.25, -0.2) is 9.48 Å². The molecule has 1 N–H and O–H groups in total. The second kappa shape index (κ2) is 5.42. The average Bonchev–Trinajstić information content (AvgIpc) is 2.83. The molecule has 0 spiro atoms. The Labute approximate surface area is 119 Å². The number of nitro groups is 1. The summed E-state index contributed by atoms with van der Waals surface area (Å²) in [6.07, 6.45) is -4.95. The van der Waals surface area contributed by atoms with Crippen molar-refractivity contribution in [1.82, 2.24) is 15.0 Å². The Morgan fingerprint density at radius 1 is 1.32 bits per heavy atom. The van der Waals surface area contributed by atoms with Crippen molar-refractivity contribution in [3.63, 3.8) is 0 Å². The number of carboxylic acid groups (broad SMARTS) is 1. The van der Waals surface area contributed by atoms with E-state index in [0.29, 0.717) is 4.68 Å². The minimum absolute atomic E-state index is 0.218. The molecule has 0 aliphatic carbocycles. The Morgan fingerprint density at radius 3 is 2.36 bits per heavy atom. The fourth-order valence-corrected chi connectivity index (χ4v) is 1.74. The van der Waals surface area contributed by atoms with E-state index >= 15 is 0 Å².